The zero-order valence-corrected chi connectivity index (χ0v) is 15.4. The lowest BCUT2D eigenvalue weighted by Crippen LogP contribution is -2.12. The second kappa shape index (κ2) is 5.58. The molecule has 0 amide bonds. The van der Waals surface area contributed by atoms with Crippen molar-refractivity contribution >= 4 is 37.8 Å². The van der Waals surface area contributed by atoms with E-state index in [-0.39, 0.29) is 0 Å². The fourth-order valence-corrected chi connectivity index (χ4v) is 6.36. The van der Waals surface area contributed by atoms with Gasteiger partial charge in [0, 0.05) is 15.3 Å². The number of aryl methyl sites for hydroxylation is 2. The number of para-hydroxylation sites is 1. The fraction of sp³-hybridized carbons (Fsp3) is 0.188. The molecule has 0 spiro atoms. The van der Waals surface area contributed by atoms with Crippen LogP contribution in [-0.2, 0) is 16.6 Å². The van der Waals surface area contributed by atoms with Gasteiger partial charge in [0.2, 0.25) is 0 Å². The van der Waals surface area contributed by atoms with Gasteiger partial charge in [0.25, 0.3) is 10.0 Å². The Bertz CT molecular complexity index is 1030. The Labute approximate surface area is 148 Å². The molecule has 5 nitrogen and oxygen atoms in total. The highest BCUT2D eigenvalue weighted by molar-refractivity contribution is 7.93. The summed E-state index contributed by atoms with van der Waals surface area (Å²) in [6.45, 7) is 4.11. The van der Waals surface area contributed by atoms with Gasteiger partial charge in [-0.25, -0.2) is 13.4 Å². The monoisotopic (exact) mass is 378 g/mol. The molecule has 0 radical (unpaired) electrons. The maximum Gasteiger partial charge on any atom is 0.264 e. The molecule has 4 rings (SSSR count). The lowest BCUT2D eigenvalue weighted by molar-refractivity contribution is 0.305. The Morgan fingerprint density at radius 3 is 2.75 bits per heavy atom. The summed E-state index contributed by atoms with van der Waals surface area (Å²) >= 11 is 2.78. The Balaban J connectivity index is 1.71. The third-order valence-corrected chi connectivity index (χ3v) is 7.34. The van der Waals surface area contributed by atoms with Crippen LogP contribution < -0.4 is 9.46 Å². The SMILES string of the molecule is Cc1cc(S(=O)(=O)Nc2nc3c(s2)COc2ccccc2-3)c(C)s1. The maximum atomic E-state index is 12.6. The second-order valence-corrected chi connectivity index (χ2v) is 9.65. The molecule has 0 saturated heterocycles. The number of hydrogen-bond acceptors (Lipinski definition) is 6. The van der Waals surface area contributed by atoms with E-state index in [1.807, 2.05) is 38.1 Å². The molecule has 2 aromatic heterocycles. The van der Waals surface area contributed by atoms with Gasteiger partial charge in [0.05, 0.1) is 10.6 Å². The quantitative estimate of drug-likeness (QED) is 0.742. The number of sulfonamides is 1. The minimum Gasteiger partial charge on any atom is -0.487 e. The van der Waals surface area contributed by atoms with Crippen molar-refractivity contribution in [3.8, 4) is 17.0 Å². The summed E-state index contributed by atoms with van der Waals surface area (Å²) in [5.41, 5.74) is 1.68. The number of aromatic nitrogens is 1. The maximum absolute atomic E-state index is 12.6. The van der Waals surface area contributed by atoms with Crippen LogP contribution in [-0.4, -0.2) is 13.4 Å². The Kier molecular flexibility index (Phi) is 3.63. The summed E-state index contributed by atoms with van der Waals surface area (Å²) in [6, 6.07) is 9.32. The normalized spacial score (nSPS) is 13.1. The summed E-state index contributed by atoms with van der Waals surface area (Å²) in [7, 11) is -3.63. The number of nitrogens with one attached hydrogen (secondary N) is 1. The molecule has 1 aliphatic rings. The van der Waals surface area contributed by atoms with Crippen molar-refractivity contribution in [2.24, 2.45) is 0 Å². The van der Waals surface area contributed by atoms with Gasteiger partial charge in [-0.05, 0) is 32.0 Å². The summed E-state index contributed by atoms with van der Waals surface area (Å²) in [6.07, 6.45) is 0. The van der Waals surface area contributed by atoms with E-state index in [0.717, 1.165) is 31.6 Å². The number of benzene rings is 1. The van der Waals surface area contributed by atoms with E-state index in [9.17, 15) is 8.42 Å². The average molecular weight is 379 g/mol. The largest absolute Gasteiger partial charge is 0.487 e. The van der Waals surface area contributed by atoms with E-state index in [1.165, 1.54) is 22.7 Å². The first-order valence-corrected chi connectivity index (χ1v) is 10.4. The average Bonchev–Trinajstić information content (AvgIpc) is 3.09. The number of rotatable bonds is 3. The molecule has 1 N–H and O–H groups in total. The van der Waals surface area contributed by atoms with E-state index in [4.69, 9.17) is 4.74 Å². The van der Waals surface area contributed by atoms with Gasteiger partial charge in [0.15, 0.2) is 5.13 Å². The minimum absolute atomic E-state index is 0.315. The molecule has 1 aliphatic heterocycles. The number of thiophene rings is 1. The number of hydrogen-bond donors (Lipinski definition) is 1. The summed E-state index contributed by atoms with van der Waals surface area (Å²) < 4.78 is 33.6. The fourth-order valence-electron chi connectivity index (χ4n) is 2.68. The zero-order valence-electron chi connectivity index (χ0n) is 13.0. The van der Waals surface area contributed by atoms with Crippen LogP contribution >= 0.6 is 22.7 Å². The van der Waals surface area contributed by atoms with Gasteiger partial charge in [-0.2, -0.15) is 0 Å². The van der Waals surface area contributed by atoms with Crippen LogP contribution in [0.15, 0.2) is 35.2 Å². The van der Waals surface area contributed by atoms with Crippen molar-refractivity contribution in [2.75, 3.05) is 4.72 Å². The van der Waals surface area contributed by atoms with Gasteiger partial charge in [0.1, 0.15) is 17.3 Å². The van der Waals surface area contributed by atoms with E-state index in [0.29, 0.717) is 16.6 Å². The number of fused-ring (bicyclic) bond motifs is 3. The molecular formula is C16H14N2O3S3. The first-order valence-electron chi connectivity index (χ1n) is 7.26. The highest BCUT2D eigenvalue weighted by atomic mass is 32.2. The molecule has 0 atom stereocenters. The predicted molar refractivity (Wildman–Crippen MR) is 96.5 cm³/mol. The van der Waals surface area contributed by atoms with E-state index >= 15 is 0 Å². The van der Waals surface area contributed by atoms with Crippen LogP contribution in [0.5, 0.6) is 5.75 Å². The highest BCUT2D eigenvalue weighted by Crippen LogP contribution is 2.41. The van der Waals surface area contributed by atoms with Crippen molar-refractivity contribution in [3.63, 3.8) is 0 Å². The lowest BCUT2D eigenvalue weighted by Gasteiger charge is -2.15. The van der Waals surface area contributed by atoms with Crippen molar-refractivity contribution in [3.05, 3.63) is 45.0 Å². The molecule has 24 heavy (non-hydrogen) atoms. The van der Waals surface area contributed by atoms with Gasteiger partial charge in [-0.15, -0.1) is 11.3 Å². The molecule has 0 saturated carbocycles. The zero-order chi connectivity index (χ0) is 16.9. The van der Waals surface area contributed by atoms with Gasteiger partial charge in [-0.1, -0.05) is 23.5 Å². The summed E-state index contributed by atoms with van der Waals surface area (Å²) in [4.78, 5) is 7.47. The number of anilines is 1. The molecule has 0 bridgehead atoms. The second-order valence-electron chi connectivity index (χ2n) is 5.46. The number of ether oxygens (including phenoxy) is 1. The standard InChI is InChI=1S/C16H14N2O3S3/c1-9-7-14(10(2)22-9)24(19,20)18-16-17-15-11-5-3-4-6-12(11)21-8-13(15)23-16/h3-7H,8H2,1-2H3,(H,17,18). The van der Waals surface area contributed by atoms with Gasteiger partial charge in [-0.3, -0.25) is 4.72 Å². The molecule has 8 heteroatoms. The van der Waals surface area contributed by atoms with E-state index in [1.54, 1.807) is 6.07 Å². The molecule has 3 heterocycles. The van der Waals surface area contributed by atoms with Crippen LogP contribution in [0.2, 0.25) is 0 Å². The first kappa shape index (κ1) is 15.6. The van der Waals surface area contributed by atoms with E-state index < -0.39 is 10.0 Å². The van der Waals surface area contributed by atoms with Crippen molar-refractivity contribution in [1.82, 2.24) is 4.98 Å². The smallest absolute Gasteiger partial charge is 0.264 e. The summed E-state index contributed by atoms with van der Waals surface area (Å²) in [5.74, 6) is 0.772. The minimum atomic E-state index is -3.63. The number of nitrogens with zero attached hydrogens (tertiary/aromatic N) is 1. The Morgan fingerprint density at radius 2 is 2.00 bits per heavy atom. The number of thiazole rings is 1. The topological polar surface area (TPSA) is 68.3 Å². The Morgan fingerprint density at radius 1 is 1.21 bits per heavy atom. The third-order valence-electron chi connectivity index (χ3n) is 3.70. The lowest BCUT2D eigenvalue weighted by atomic mass is 10.1. The predicted octanol–water partition coefficient (Wildman–Crippen LogP) is 4.18. The van der Waals surface area contributed by atoms with Gasteiger partial charge >= 0.3 is 0 Å². The van der Waals surface area contributed by atoms with Crippen LogP contribution in [0.4, 0.5) is 5.13 Å². The van der Waals surface area contributed by atoms with Crippen LogP contribution in [0, 0.1) is 13.8 Å². The molecule has 1 aromatic carbocycles. The molecular weight excluding hydrogens is 364 g/mol. The third kappa shape index (κ3) is 2.60. The first-order chi connectivity index (χ1) is 11.4. The molecule has 0 aliphatic carbocycles. The van der Waals surface area contributed by atoms with Crippen molar-refractivity contribution in [1.29, 1.82) is 0 Å². The van der Waals surface area contributed by atoms with E-state index in [2.05, 4.69) is 9.71 Å². The van der Waals surface area contributed by atoms with Crippen LogP contribution in [0.25, 0.3) is 11.3 Å². The van der Waals surface area contributed by atoms with Crippen molar-refractivity contribution in [2.45, 2.75) is 25.3 Å². The highest BCUT2D eigenvalue weighted by Gasteiger charge is 2.25. The molecule has 0 fully saturated rings. The van der Waals surface area contributed by atoms with Crippen LogP contribution in [0.1, 0.15) is 14.6 Å². The van der Waals surface area contributed by atoms with Gasteiger partial charge < -0.3 is 4.74 Å². The van der Waals surface area contributed by atoms with Crippen molar-refractivity contribution < 1.29 is 13.2 Å². The summed E-state index contributed by atoms with van der Waals surface area (Å²) in [5, 5.41) is 0.364. The molecule has 124 valence electrons. The van der Waals surface area contributed by atoms with Crippen LogP contribution in [0.3, 0.4) is 0 Å². The molecule has 0 unspecified atom stereocenters. The Hall–Kier alpha value is -1.90. The molecule has 3 aromatic rings.